The van der Waals surface area contributed by atoms with Gasteiger partial charge < -0.3 is 10.6 Å². The van der Waals surface area contributed by atoms with Gasteiger partial charge in [-0.2, -0.15) is 0 Å². The molecule has 0 aromatic heterocycles. The lowest BCUT2D eigenvalue weighted by molar-refractivity contribution is 0.0659. The molecule has 1 aromatic rings. The molecule has 7 heteroatoms. The number of aliphatic imine (C=N–C) groups is 1. The SMILES string of the molecule is CCNC(=NCCN1C(=O)c2ccccc2C1=O)NC1CC=CC1.I. The molecule has 1 aliphatic carbocycles. The maximum atomic E-state index is 12.3. The second-order valence-electron chi connectivity index (χ2n) is 5.85. The molecular weight excluding hydrogens is 431 g/mol. The summed E-state index contributed by atoms with van der Waals surface area (Å²) in [5.74, 6) is 0.260. The highest BCUT2D eigenvalue weighted by Gasteiger charge is 2.34. The lowest BCUT2D eigenvalue weighted by Crippen LogP contribution is -2.43. The molecule has 2 N–H and O–H groups in total. The Morgan fingerprint density at radius 1 is 1.16 bits per heavy atom. The summed E-state index contributed by atoms with van der Waals surface area (Å²) < 4.78 is 0. The van der Waals surface area contributed by atoms with Crippen LogP contribution in [-0.2, 0) is 0 Å². The Morgan fingerprint density at radius 3 is 2.32 bits per heavy atom. The van der Waals surface area contributed by atoms with Gasteiger partial charge in [-0.3, -0.25) is 19.5 Å². The van der Waals surface area contributed by atoms with Crippen LogP contribution in [0.15, 0.2) is 41.4 Å². The second-order valence-corrected chi connectivity index (χ2v) is 5.85. The van der Waals surface area contributed by atoms with Gasteiger partial charge in [-0.15, -0.1) is 24.0 Å². The van der Waals surface area contributed by atoms with Gasteiger partial charge in [0.1, 0.15) is 0 Å². The van der Waals surface area contributed by atoms with Crippen LogP contribution >= 0.6 is 24.0 Å². The molecule has 1 heterocycles. The molecule has 2 amide bonds. The van der Waals surface area contributed by atoms with E-state index in [2.05, 4.69) is 27.8 Å². The Balaban J connectivity index is 0.00000225. The summed E-state index contributed by atoms with van der Waals surface area (Å²) in [7, 11) is 0. The lowest BCUT2D eigenvalue weighted by Gasteiger charge is -2.17. The molecule has 25 heavy (non-hydrogen) atoms. The first-order valence-electron chi connectivity index (χ1n) is 8.35. The van der Waals surface area contributed by atoms with Crippen molar-refractivity contribution in [3.63, 3.8) is 0 Å². The first-order valence-corrected chi connectivity index (χ1v) is 8.35. The van der Waals surface area contributed by atoms with Gasteiger partial charge in [-0.1, -0.05) is 24.3 Å². The summed E-state index contributed by atoms with van der Waals surface area (Å²) in [4.78, 5) is 30.4. The van der Waals surface area contributed by atoms with E-state index in [0.29, 0.717) is 23.7 Å². The van der Waals surface area contributed by atoms with Crippen molar-refractivity contribution in [1.29, 1.82) is 0 Å². The minimum Gasteiger partial charge on any atom is -0.357 e. The maximum Gasteiger partial charge on any atom is 0.261 e. The Bertz CT molecular complexity index is 659. The Morgan fingerprint density at radius 2 is 1.76 bits per heavy atom. The number of hydrogen-bond donors (Lipinski definition) is 2. The number of rotatable bonds is 5. The van der Waals surface area contributed by atoms with Crippen molar-refractivity contribution in [2.24, 2.45) is 4.99 Å². The zero-order chi connectivity index (χ0) is 16.9. The van der Waals surface area contributed by atoms with E-state index in [0.717, 1.165) is 25.3 Å². The molecule has 0 atom stereocenters. The molecule has 0 saturated carbocycles. The number of benzene rings is 1. The normalized spacial score (nSPS) is 16.8. The zero-order valence-corrected chi connectivity index (χ0v) is 16.5. The number of amides is 2. The molecule has 0 unspecified atom stereocenters. The van der Waals surface area contributed by atoms with E-state index < -0.39 is 0 Å². The molecule has 1 aromatic carbocycles. The van der Waals surface area contributed by atoms with E-state index in [9.17, 15) is 9.59 Å². The number of imide groups is 1. The summed E-state index contributed by atoms with van der Waals surface area (Å²) >= 11 is 0. The number of halogens is 1. The van der Waals surface area contributed by atoms with Crippen molar-refractivity contribution < 1.29 is 9.59 Å². The molecule has 1 aliphatic heterocycles. The third kappa shape index (κ3) is 4.39. The molecule has 6 nitrogen and oxygen atoms in total. The Kier molecular flexibility index (Phi) is 6.98. The van der Waals surface area contributed by atoms with E-state index >= 15 is 0 Å². The van der Waals surface area contributed by atoms with Gasteiger partial charge in [0.15, 0.2) is 5.96 Å². The van der Waals surface area contributed by atoms with Gasteiger partial charge in [0.2, 0.25) is 0 Å². The van der Waals surface area contributed by atoms with E-state index in [1.54, 1.807) is 24.3 Å². The number of carbonyl (C=O) groups is 2. The standard InChI is InChI=1S/C18H22N4O2.HI/c1-2-19-18(21-13-7-3-4-8-13)20-11-12-22-16(23)14-9-5-6-10-15(14)17(22)24;/h3-6,9-10,13H,2,7-8,11-12H2,1H3,(H2,19,20,21);1H. The number of fused-ring (bicyclic) bond motifs is 1. The van der Waals surface area contributed by atoms with Crippen LogP contribution in [0, 0.1) is 0 Å². The zero-order valence-electron chi connectivity index (χ0n) is 14.2. The van der Waals surface area contributed by atoms with Crippen molar-refractivity contribution in [2.45, 2.75) is 25.8 Å². The molecule has 0 saturated heterocycles. The van der Waals surface area contributed by atoms with Crippen LogP contribution < -0.4 is 10.6 Å². The van der Waals surface area contributed by atoms with Crippen molar-refractivity contribution in [1.82, 2.24) is 15.5 Å². The van der Waals surface area contributed by atoms with Crippen LogP contribution in [0.1, 0.15) is 40.5 Å². The van der Waals surface area contributed by atoms with Gasteiger partial charge in [0.05, 0.1) is 17.7 Å². The highest BCUT2D eigenvalue weighted by Crippen LogP contribution is 2.21. The minimum absolute atomic E-state index is 0. The fraction of sp³-hybridized carbons (Fsp3) is 0.389. The van der Waals surface area contributed by atoms with Crippen molar-refractivity contribution in [3.8, 4) is 0 Å². The number of nitrogens with one attached hydrogen (secondary N) is 2. The van der Waals surface area contributed by atoms with Gasteiger partial charge in [0.25, 0.3) is 11.8 Å². The monoisotopic (exact) mass is 454 g/mol. The molecule has 134 valence electrons. The predicted molar refractivity (Wildman–Crippen MR) is 109 cm³/mol. The average molecular weight is 454 g/mol. The summed E-state index contributed by atoms with van der Waals surface area (Å²) in [6.07, 6.45) is 6.28. The quantitative estimate of drug-likeness (QED) is 0.235. The molecule has 3 rings (SSSR count). The smallest absolute Gasteiger partial charge is 0.261 e. The van der Waals surface area contributed by atoms with Crippen LogP contribution in [0.4, 0.5) is 0 Å². The number of guanidine groups is 1. The van der Waals surface area contributed by atoms with Gasteiger partial charge in [0, 0.05) is 19.1 Å². The Labute approximate surface area is 164 Å². The minimum atomic E-state index is -0.233. The summed E-state index contributed by atoms with van der Waals surface area (Å²) in [6, 6.07) is 7.29. The van der Waals surface area contributed by atoms with Crippen LogP contribution in [-0.4, -0.2) is 48.3 Å². The van der Waals surface area contributed by atoms with Crippen molar-refractivity contribution in [3.05, 3.63) is 47.5 Å². The fourth-order valence-corrected chi connectivity index (χ4v) is 2.95. The predicted octanol–water partition coefficient (Wildman–Crippen LogP) is 2.17. The first kappa shape index (κ1) is 19.4. The lowest BCUT2D eigenvalue weighted by atomic mass is 10.1. The largest absolute Gasteiger partial charge is 0.357 e. The van der Waals surface area contributed by atoms with Crippen LogP contribution in [0.5, 0.6) is 0 Å². The summed E-state index contributed by atoms with van der Waals surface area (Å²) in [5.41, 5.74) is 0.960. The van der Waals surface area contributed by atoms with Gasteiger partial charge in [-0.25, -0.2) is 0 Å². The van der Waals surface area contributed by atoms with E-state index in [1.165, 1.54) is 4.90 Å². The molecule has 0 fully saturated rings. The molecule has 0 bridgehead atoms. The summed E-state index contributed by atoms with van der Waals surface area (Å²) in [6.45, 7) is 3.43. The van der Waals surface area contributed by atoms with Crippen molar-refractivity contribution in [2.75, 3.05) is 19.6 Å². The Hall–Kier alpha value is -1.90. The maximum absolute atomic E-state index is 12.3. The fourth-order valence-electron chi connectivity index (χ4n) is 2.95. The topological polar surface area (TPSA) is 73.8 Å². The molecule has 0 spiro atoms. The third-order valence-electron chi connectivity index (χ3n) is 4.16. The van der Waals surface area contributed by atoms with E-state index in [1.807, 2.05) is 6.92 Å². The van der Waals surface area contributed by atoms with E-state index in [-0.39, 0.29) is 42.3 Å². The van der Waals surface area contributed by atoms with Crippen molar-refractivity contribution >= 4 is 41.8 Å². The van der Waals surface area contributed by atoms with Crippen LogP contribution in [0.3, 0.4) is 0 Å². The highest BCUT2D eigenvalue weighted by molar-refractivity contribution is 14.0. The number of carbonyl (C=O) groups excluding carboxylic acids is 2. The van der Waals surface area contributed by atoms with Gasteiger partial charge >= 0.3 is 0 Å². The first-order chi connectivity index (χ1) is 11.7. The van der Waals surface area contributed by atoms with Crippen LogP contribution in [0.25, 0.3) is 0 Å². The average Bonchev–Trinajstić information content (AvgIpc) is 3.18. The molecular formula is C18H23IN4O2. The van der Waals surface area contributed by atoms with Crippen LogP contribution in [0.2, 0.25) is 0 Å². The van der Waals surface area contributed by atoms with Gasteiger partial charge in [-0.05, 0) is 31.9 Å². The third-order valence-corrected chi connectivity index (χ3v) is 4.16. The second kappa shape index (κ2) is 8.98. The number of hydrogen-bond acceptors (Lipinski definition) is 3. The summed E-state index contributed by atoms with van der Waals surface area (Å²) in [5, 5.41) is 6.57. The highest BCUT2D eigenvalue weighted by atomic mass is 127. The molecule has 2 aliphatic rings. The van der Waals surface area contributed by atoms with E-state index in [4.69, 9.17) is 0 Å². The molecule has 0 radical (unpaired) electrons. The number of nitrogens with zero attached hydrogens (tertiary/aromatic N) is 2.